The van der Waals surface area contributed by atoms with E-state index in [9.17, 15) is 0 Å². The van der Waals surface area contributed by atoms with Crippen LogP contribution in [0.1, 0.15) is 31.3 Å². The maximum atomic E-state index is 6.20. The minimum Gasteiger partial charge on any atom is -0.304 e. The summed E-state index contributed by atoms with van der Waals surface area (Å²) in [7, 11) is 0. The Morgan fingerprint density at radius 2 is 2.29 bits per heavy atom. The van der Waals surface area contributed by atoms with E-state index in [4.69, 9.17) is 11.6 Å². The third-order valence-corrected chi connectivity index (χ3v) is 3.27. The summed E-state index contributed by atoms with van der Waals surface area (Å²) in [5.74, 6) is 0. The van der Waals surface area contributed by atoms with Crippen molar-refractivity contribution in [2.24, 2.45) is 0 Å². The second-order valence-electron chi connectivity index (χ2n) is 3.52. The lowest BCUT2D eigenvalue weighted by Crippen LogP contribution is -2.25. The third-order valence-electron chi connectivity index (χ3n) is 2.49. The molecule has 0 aliphatic carbocycles. The fourth-order valence-electron chi connectivity index (χ4n) is 1.76. The van der Waals surface area contributed by atoms with Gasteiger partial charge in [0.25, 0.3) is 0 Å². The third kappa shape index (κ3) is 2.48. The van der Waals surface area contributed by atoms with Gasteiger partial charge >= 0.3 is 0 Å². The Bertz CT molecular complexity index is 467. The van der Waals surface area contributed by atoms with Crippen molar-refractivity contribution in [2.75, 3.05) is 6.54 Å². The van der Waals surface area contributed by atoms with Gasteiger partial charge in [0.15, 0.2) is 0 Å². The van der Waals surface area contributed by atoms with Gasteiger partial charge in [0.2, 0.25) is 0 Å². The van der Waals surface area contributed by atoms with Crippen molar-refractivity contribution in [1.82, 2.24) is 23.8 Å². The first-order chi connectivity index (χ1) is 8.27. The predicted octanol–water partition coefficient (Wildman–Crippen LogP) is 2.11. The Morgan fingerprint density at radius 1 is 1.47 bits per heavy atom. The molecule has 2 aromatic rings. The summed E-state index contributed by atoms with van der Waals surface area (Å²) in [4.78, 5) is 0. The number of hydrogen-bond donors (Lipinski definition) is 1. The average Bonchev–Trinajstić information content (AvgIpc) is 2.95. The molecule has 1 N–H and O–H groups in total. The lowest BCUT2D eigenvalue weighted by molar-refractivity contribution is 0.537. The molecule has 92 valence electrons. The Kier molecular flexibility index (Phi) is 4.09. The molecule has 5 nitrogen and oxygen atoms in total. The van der Waals surface area contributed by atoms with E-state index in [1.807, 2.05) is 18.5 Å². The van der Waals surface area contributed by atoms with E-state index in [0.29, 0.717) is 5.02 Å². The van der Waals surface area contributed by atoms with Crippen LogP contribution in [0.3, 0.4) is 0 Å². The van der Waals surface area contributed by atoms with Crippen molar-refractivity contribution < 1.29 is 0 Å². The molecule has 2 heterocycles. The van der Waals surface area contributed by atoms with E-state index in [1.165, 1.54) is 11.7 Å². The van der Waals surface area contributed by atoms with Crippen LogP contribution in [0.2, 0.25) is 5.02 Å². The van der Waals surface area contributed by atoms with Crippen LogP contribution in [0.15, 0.2) is 12.4 Å². The van der Waals surface area contributed by atoms with E-state index >= 15 is 0 Å². The molecule has 1 unspecified atom stereocenters. The standard InChI is InChI=1S/C10H14ClN5S/c1-3-12-9(8-6-14-17-15-8)10-7(11)5-13-16(10)4-2/h5-6,9,12H,3-4H2,1-2H3. The minimum atomic E-state index is -0.0475. The lowest BCUT2D eigenvalue weighted by Gasteiger charge is -2.17. The number of rotatable bonds is 5. The summed E-state index contributed by atoms with van der Waals surface area (Å²) in [6, 6.07) is -0.0475. The Balaban J connectivity index is 2.42. The summed E-state index contributed by atoms with van der Waals surface area (Å²) >= 11 is 7.40. The second kappa shape index (κ2) is 5.57. The van der Waals surface area contributed by atoms with Crippen LogP contribution in [0.4, 0.5) is 0 Å². The number of aryl methyl sites for hydroxylation is 1. The molecule has 0 aromatic carbocycles. The van der Waals surface area contributed by atoms with Gasteiger partial charge in [0.1, 0.15) is 0 Å². The van der Waals surface area contributed by atoms with E-state index in [-0.39, 0.29) is 6.04 Å². The van der Waals surface area contributed by atoms with Crippen LogP contribution in [0.25, 0.3) is 0 Å². The van der Waals surface area contributed by atoms with E-state index in [1.54, 1.807) is 12.4 Å². The molecular weight excluding hydrogens is 258 g/mol. The number of halogens is 1. The van der Waals surface area contributed by atoms with E-state index in [2.05, 4.69) is 19.2 Å². The first-order valence-corrected chi connectivity index (χ1v) is 6.60. The number of nitrogens with one attached hydrogen (secondary N) is 1. The highest BCUT2D eigenvalue weighted by atomic mass is 35.5. The summed E-state index contributed by atoms with van der Waals surface area (Å²) in [5, 5.41) is 8.27. The van der Waals surface area contributed by atoms with Gasteiger partial charge in [-0.25, -0.2) is 0 Å². The zero-order valence-corrected chi connectivity index (χ0v) is 11.3. The van der Waals surface area contributed by atoms with Crippen LogP contribution < -0.4 is 5.32 Å². The molecule has 0 fully saturated rings. The van der Waals surface area contributed by atoms with Crippen molar-refractivity contribution in [3.05, 3.63) is 28.8 Å². The van der Waals surface area contributed by atoms with Crippen LogP contribution in [0, 0.1) is 0 Å². The molecule has 0 bridgehead atoms. The molecule has 2 aromatic heterocycles. The van der Waals surface area contributed by atoms with Crippen LogP contribution >= 0.6 is 23.3 Å². The highest BCUT2D eigenvalue weighted by Gasteiger charge is 2.22. The molecule has 0 spiro atoms. The maximum Gasteiger partial charge on any atom is 0.0974 e. The molecule has 17 heavy (non-hydrogen) atoms. The van der Waals surface area contributed by atoms with Gasteiger partial charge in [0, 0.05) is 6.54 Å². The minimum absolute atomic E-state index is 0.0475. The van der Waals surface area contributed by atoms with Gasteiger partial charge < -0.3 is 5.32 Å². The van der Waals surface area contributed by atoms with Gasteiger partial charge in [-0.1, -0.05) is 18.5 Å². The summed E-state index contributed by atoms with van der Waals surface area (Å²) in [6.45, 7) is 5.69. The predicted molar refractivity (Wildman–Crippen MR) is 68.3 cm³/mol. The first kappa shape index (κ1) is 12.5. The molecule has 0 saturated carbocycles. The Morgan fingerprint density at radius 3 is 2.88 bits per heavy atom. The molecule has 0 radical (unpaired) electrons. The monoisotopic (exact) mass is 271 g/mol. The Labute approximate surface area is 109 Å². The van der Waals surface area contributed by atoms with Crippen molar-refractivity contribution >= 4 is 23.3 Å². The number of hydrogen-bond acceptors (Lipinski definition) is 5. The van der Waals surface area contributed by atoms with E-state index in [0.717, 1.165) is 24.5 Å². The van der Waals surface area contributed by atoms with Crippen LogP contribution in [-0.2, 0) is 6.54 Å². The summed E-state index contributed by atoms with van der Waals surface area (Å²) in [5.41, 5.74) is 1.83. The zero-order chi connectivity index (χ0) is 12.3. The molecule has 0 aliphatic rings. The van der Waals surface area contributed by atoms with Gasteiger partial charge in [-0.15, -0.1) is 0 Å². The van der Waals surface area contributed by atoms with Gasteiger partial charge in [-0.05, 0) is 13.5 Å². The lowest BCUT2D eigenvalue weighted by atomic mass is 10.1. The highest BCUT2D eigenvalue weighted by molar-refractivity contribution is 6.99. The molecule has 0 aliphatic heterocycles. The van der Waals surface area contributed by atoms with Crippen molar-refractivity contribution in [3.63, 3.8) is 0 Å². The van der Waals surface area contributed by atoms with Crippen LogP contribution in [-0.4, -0.2) is 25.1 Å². The molecule has 0 saturated heterocycles. The summed E-state index contributed by atoms with van der Waals surface area (Å²) in [6.07, 6.45) is 3.44. The molecule has 2 rings (SSSR count). The smallest absolute Gasteiger partial charge is 0.0974 e. The normalized spacial score (nSPS) is 12.9. The van der Waals surface area contributed by atoms with Crippen LogP contribution in [0.5, 0.6) is 0 Å². The molecule has 1 atom stereocenters. The van der Waals surface area contributed by atoms with Crippen molar-refractivity contribution in [2.45, 2.75) is 26.4 Å². The van der Waals surface area contributed by atoms with Crippen molar-refractivity contribution in [1.29, 1.82) is 0 Å². The maximum absolute atomic E-state index is 6.20. The quantitative estimate of drug-likeness (QED) is 0.905. The number of aromatic nitrogens is 4. The average molecular weight is 272 g/mol. The molecule has 0 amide bonds. The second-order valence-corrected chi connectivity index (χ2v) is 4.48. The number of nitrogens with zero attached hydrogens (tertiary/aromatic N) is 4. The largest absolute Gasteiger partial charge is 0.304 e. The first-order valence-electron chi connectivity index (χ1n) is 5.50. The van der Waals surface area contributed by atoms with Gasteiger partial charge in [-0.3, -0.25) is 4.68 Å². The Hall–Kier alpha value is -0.980. The SMILES string of the molecule is CCNC(c1cnsn1)c1c(Cl)cnn1CC. The molecular formula is C10H14ClN5S. The van der Waals surface area contributed by atoms with E-state index < -0.39 is 0 Å². The zero-order valence-electron chi connectivity index (χ0n) is 9.72. The van der Waals surface area contributed by atoms with Gasteiger partial charge in [-0.2, -0.15) is 13.8 Å². The van der Waals surface area contributed by atoms with Crippen molar-refractivity contribution in [3.8, 4) is 0 Å². The van der Waals surface area contributed by atoms with Gasteiger partial charge in [0.05, 0.1) is 46.6 Å². The highest BCUT2D eigenvalue weighted by Crippen LogP contribution is 2.27. The molecule has 7 heteroatoms. The fraction of sp³-hybridized carbons (Fsp3) is 0.500. The summed E-state index contributed by atoms with van der Waals surface area (Å²) < 4.78 is 10.2. The fourth-order valence-corrected chi connectivity index (χ4v) is 2.45. The topological polar surface area (TPSA) is 55.6 Å².